The third-order valence-electron chi connectivity index (χ3n) is 4.61. The molecule has 0 saturated carbocycles. The number of furan rings is 1. The summed E-state index contributed by atoms with van der Waals surface area (Å²) in [5.41, 5.74) is 0. The molecule has 1 aromatic heterocycles. The summed E-state index contributed by atoms with van der Waals surface area (Å²) >= 11 is 0. The Morgan fingerprint density at radius 2 is 2.00 bits per heavy atom. The second-order valence-electron chi connectivity index (χ2n) is 6.14. The van der Waals surface area contributed by atoms with E-state index in [9.17, 15) is 9.59 Å². The molecule has 2 aliphatic rings. The Balaban J connectivity index is 1.65. The number of amides is 2. The molecule has 2 atom stereocenters. The Bertz CT molecular complexity index is 496. The molecule has 21 heavy (non-hydrogen) atoms. The monoisotopic (exact) mass is 290 g/mol. The third kappa shape index (κ3) is 3.02. The van der Waals surface area contributed by atoms with Crippen molar-refractivity contribution in [2.75, 3.05) is 19.6 Å². The van der Waals surface area contributed by atoms with Crippen LogP contribution in [0, 0.1) is 5.92 Å². The highest BCUT2D eigenvalue weighted by Crippen LogP contribution is 2.34. The number of likely N-dealkylation sites (tertiary alicyclic amines) is 2. The molecular formula is C16H22N2O3. The van der Waals surface area contributed by atoms with Gasteiger partial charge in [0.25, 0.3) is 0 Å². The normalized spacial score (nSPS) is 27.6. The van der Waals surface area contributed by atoms with Gasteiger partial charge in [0.1, 0.15) is 5.76 Å². The lowest BCUT2D eigenvalue weighted by molar-refractivity contribution is -0.138. The molecule has 2 saturated heterocycles. The van der Waals surface area contributed by atoms with E-state index in [0.29, 0.717) is 25.3 Å². The van der Waals surface area contributed by atoms with Gasteiger partial charge in [0, 0.05) is 25.9 Å². The number of nitrogens with zero attached hydrogens (tertiary/aromatic N) is 2. The summed E-state index contributed by atoms with van der Waals surface area (Å²) in [6.07, 6.45) is 4.67. The number of hydrogen-bond acceptors (Lipinski definition) is 4. The minimum absolute atomic E-state index is 0.0278. The molecule has 0 aromatic carbocycles. The first-order valence-electron chi connectivity index (χ1n) is 7.76. The molecule has 2 aliphatic heterocycles. The van der Waals surface area contributed by atoms with E-state index in [2.05, 4.69) is 11.8 Å². The zero-order valence-electron chi connectivity index (χ0n) is 12.5. The summed E-state index contributed by atoms with van der Waals surface area (Å²) in [6, 6.07) is 4.19. The average Bonchev–Trinajstić information content (AvgIpc) is 3.09. The quantitative estimate of drug-likeness (QED) is 0.798. The molecule has 3 rings (SSSR count). The Morgan fingerprint density at radius 3 is 2.67 bits per heavy atom. The average molecular weight is 290 g/mol. The van der Waals surface area contributed by atoms with Gasteiger partial charge in [-0.2, -0.15) is 0 Å². The van der Waals surface area contributed by atoms with Crippen molar-refractivity contribution < 1.29 is 14.0 Å². The molecule has 0 N–H and O–H groups in total. The van der Waals surface area contributed by atoms with E-state index in [1.54, 1.807) is 6.26 Å². The molecule has 0 radical (unpaired) electrons. The molecule has 2 amide bonds. The molecular weight excluding hydrogens is 268 g/mol. The molecule has 0 bridgehead atoms. The lowest BCUT2D eigenvalue weighted by Gasteiger charge is -2.38. The van der Waals surface area contributed by atoms with Crippen molar-refractivity contribution in [1.82, 2.24) is 9.80 Å². The van der Waals surface area contributed by atoms with Crippen LogP contribution in [0.15, 0.2) is 22.8 Å². The number of carbonyl (C=O) groups is 2. The Kier molecular flexibility index (Phi) is 4.10. The van der Waals surface area contributed by atoms with Crippen LogP contribution in [0.3, 0.4) is 0 Å². The van der Waals surface area contributed by atoms with Crippen molar-refractivity contribution >= 4 is 11.8 Å². The lowest BCUT2D eigenvalue weighted by atomic mass is 9.91. The maximum absolute atomic E-state index is 11.7. The first-order valence-corrected chi connectivity index (χ1v) is 7.76. The van der Waals surface area contributed by atoms with Gasteiger partial charge in [0.15, 0.2) is 0 Å². The van der Waals surface area contributed by atoms with Crippen molar-refractivity contribution in [2.24, 2.45) is 5.92 Å². The van der Waals surface area contributed by atoms with Gasteiger partial charge in [0.05, 0.1) is 12.3 Å². The highest BCUT2D eigenvalue weighted by Gasteiger charge is 2.32. The first-order chi connectivity index (χ1) is 10.1. The van der Waals surface area contributed by atoms with Crippen molar-refractivity contribution in [2.45, 2.75) is 38.6 Å². The number of carbonyl (C=O) groups excluding carboxylic acids is 2. The maximum atomic E-state index is 11.7. The van der Waals surface area contributed by atoms with Crippen LogP contribution in [-0.2, 0) is 9.59 Å². The number of imide groups is 1. The largest absolute Gasteiger partial charge is 0.468 e. The summed E-state index contributed by atoms with van der Waals surface area (Å²) in [6.45, 7) is 4.49. The summed E-state index contributed by atoms with van der Waals surface area (Å²) in [4.78, 5) is 27.1. The van der Waals surface area contributed by atoms with Crippen LogP contribution in [0.2, 0.25) is 0 Å². The van der Waals surface area contributed by atoms with Gasteiger partial charge in [-0.3, -0.25) is 19.4 Å². The predicted octanol–water partition coefficient (Wildman–Crippen LogP) is 2.20. The summed E-state index contributed by atoms with van der Waals surface area (Å²) in [5, 5.41) is 0. The fourth-order valence-corrected chi connectivity index (χ4v) is 3.34. The molecule has 0 aliphatic carbocycles. The van der Waals surface area contributed by atoms with E-state index in [4.69, 9.17) is 4.42 Å². The van der Waals surface area contributed by atoms with Crippen LogP contribution in [0.5, 0.6) is 0 Å². The topological polar surface area (TPSA) is 53.8 Å². The minimum atomic E-state index is -0.0278. The van der Waals surface area contributed by atoms with Crippen LogP contribution in [0.25, 0.3) is 0 Å². The Morgan fingerprint density at radius 1 is 1.24 bits per heavy atom. The molecule has 5 heteroatoms. The van der Waals surface area contributed by atoms with Crippen LogP contribution in [0.1, 0.15) is 44.4 Å². The standard InChI is InChI=1S/C16H22N2O3/c1-12-6-7-17(13(11-12)14-3-2-10-21-14)8-9-18-15(19)4-5-16(18)20/h2-3,10,12-13H,4-9,11H2,1H3/t12-,13+/m1/s1. The molecule has 3 heterocycles. The van der Waals surface area contributed by atoms with E-state index in [1.165, 1.54) is 4.90 Å². The minimum Gasteiger partial charge on any atom is -0.468 e. The molecule has 114 valence electrons. The Labute approximate surface area is 124 Å². The highest BCUT2D eigenvalue weighted by atomic mass is 16.3. The van der Waals surface area contributed by atoms with Crippen molar-refractivity contribution in [3.05, 3.63) is 24.2 Å². The highest BCUT2D eigenvalue weighted by molar-refractivity contribution is 6.01. The van der Waals surface area contributed by atoms with Crippen LogP contribution in [-0.4, -0.2) is 41.2 Å². The second kappa shape index (κ2) is 6.02. The molecule has 1 aromatic rings. The molecule has 0 spiro atoms. The number of hydrogen-bond donors (Lipinski definition) is 0. The fraction of sp³-hybridized carbons (Fsp3) is 0.625. The second-order valence-corrected chi connectivity index (χ2v) is 6.14. The maximum Gasteiger partial charge on any atom is 0.229 e. The fourth-order valence-electron chi connectivity index (χ4n) is 3.34. The predicted molar refractivity (Wildman–Crippen MR) is 77.4 cm³/mol. The van der Waals surface area contributed by atoms with E-state index in [0.717, 1.165) is 31.7 Å². The summed E-state index contributed by atoms with van der Waals surface area (Å²) in [5.74, 6) is 1.60. The summed E-state index contributed by atoms with van der Waals surface area (Å²) < 4.78 is 5.58. The van der Waals surface area contributed by atoms with Gasteiger partial charge in [0.2, 0.25) is 11.8 Å². The van der Waals surface area contributed by atoms with E-state index in [-0.39, 0.29) is 17.9 Å². The van der Waals surface area contributed by atoms with Crippen molar-refractivity contribution in [1.29, 1.82) is 0 Å². The van der Waals surface area contributed by atoms with Gasteiger partial charge in [-0.1, -0.05) is 6.92 Å². The zero-order chi connectivity index (χ0) is 14.8. The van der Waals surface area contributed by atoms with E-state index in [1.807, 2.05) is 12.1 Å². The SMILES string of the molecule is C[C@@H]1CCN(CCN2C(=O)CCC2=O)[C@H](c2ccco2)C1. The van der Waals surface area contributed by atoms with Crippen LogP contribution >= 0.6 is 0 Å². The van der Waals surface area contributed by atoms with Gasteiger partial charge >= 0.3 is 0 Å². The Hall–Kier alpha value is -1.62. The van der Waals surface area contributed by atoms with Gasteiger partial charge < -0.3 is 4.42 Å². The molecule has 5 nitrogen and oxygen atoms in total. The number of rotatable bonds is 4. The van der Waals surface area contributed by atoms with E-state index >= 15 is 0 Å². The van der Waals surface area contributed by atoms with Crippen LogP contribution < -0.4 is 0 Å². The third-order valence-corrected chi connectivity index (χ3v) is 4.61. The smallest absolute Gasteiger partial charge is 0.229 e. The summed E-state index contributed by atoms with van der Waals surface area (Å²) in [7, 11) is 0. The number of piperidine rings is 1. The van der Waals surface area contributed by atoms with Crippen molar-refractivity contribution in [3.63, 3.8) is 0 Å². The van der Waals surface area contributed by atoms with Crippen LogP contribution in [0.4, 0.5) is 0 Å². The molecule has 2 fully saturated rings. The zero-order valence-corrected chi connectivity index (χ0v) is 12.5. The first kappa shape index (κ1) is 14.3. The van der Waals surface area contributed by atoms with Gasteiger partial charge in [-0.15, -0.1) is 0 Å². The molecule has 0 unspecified atom stereocenters. The van der Waals surface area contributed by atoms with E-state index < -0.39 is 0 Å². The van der Waals surface area contributed by atoms with Crippen molar-refractivity contribution in [3.8, 4) is 0 Å². The lowest BCUT2D eigenvalue weighted by Crippen LogP contribution is -2.42. The van der Waals surface area contributed by atoms with Gasteiger partial charge in [-0.25, -0.2) is 0 Å². The van der Waals surface area contributed by atoms with Gasteiger partial charge in [-0.05, 0) is 37.4 Å².